The highest BCUT2D eigenvalue weighted by Crippen LogP contribution is 2.40. The van der Waals surface area contributed by atoms with Gasteiger partial charge in [-0.1, -0.05) is 12.1 Å². The fourth-order valence-corrected chi connectivity index (χ4v) is 3.82. The summed E-state index contributed by atoms with van der Waals surface area (Å²) in [6, 6.07) is 13.7. The van der Waals surface area contributed by atoms with E-state index < -0.39 is 0 Å². The van der Waals surface area contributed by atoms with Gasteiger partial charge in [-0.2, -0.15) is 5.26 Å². The zero-order valence-electron chi connectivity index (χ0n) is 16.7. The van der Waals surface area contributed by atoms with E-state index in [2.05, 4.69) is 20.9 Å². The maximum atomic E-state index is 9.15. The molecule has 148 valence electrons. The predicted octanol–water partition coefficient (Wildman–Crippen LogP) is 3.77. The van der Waals surface area contributed by atoms with E-state index in [1.807, 2.05) is 54.0 Å². The molecule has 0 bridgehead atoms. The molecule has 0 radical (unpaired) electrons. The van der Waals surface area contributed by atoms with Gasteiger partial charge in [0.05, 0.1) is 43.5 Å². The smallest absolute Gasteiger partial charge is 0.171 e. The molecule has 4 heterocycles. The van der Waals surface area contributed by atoms with E-state index in [1.165, 1.54) is 0 Å². The molecule has 1 aliphatic heterocycles. The van der Waals surface area contributed by atoms with Crippen LogP contribution >= 0.6 is 0 Å². The first-order chi connectivity index (χ1) is 14.7. The molecule has 30 heavy (non-hydrogen) atoms. The summed E-state index contributed by atoms with van der Waals surface area (Å²) in [5.41, 5.74) is 5.24. The summed E-state index contributed by atoms with van der Waals surface area (Å²) in [5.74, 6) is 2.31. The molecule has 1 aromatic carbocycles. The van der Waals surface area contributed by atoms with Crippen molar-refractivity contribution >= 4 is 11.3 Å². The lowest BCUT2D eigenvalue weighted by Crippen LogP contribution is -2.29. The lowest BCUT2D eigenvalue weighted by molar-refractivity contribution is 0.309. The van der Waals surface area contributed by atoms with Crippen molar-refractivity contribution in [2.24, 2.45) is 0 Å². The van der Waals surface area contributed by atoms with Crippen LogP contribution in [0.4, 0.5) is 5.82 Å². The fourth-order valence-electron chi connectivity index (χ4n) is 3.82. The first-order valence-electron chi connectivity index (χ1n) is 9.57. The molecule has 0 spiro atoms. The topological polar surface area (TPSA) is 75.7 Å². The molecular weight excluding hydrogens is 378 g/mol. The molecule has 0 unspecified atom stereocenters. The van der Waals surface area contributed by atoms with Crippen LogP contribution in [0.3, 0.4) is 0 Å². The Kier molecular flexibility index (Phi) is 4.25. The van der Waals surface area contributed by atoms with Crippen molar-refractivity contribution in [1.29, 1.82) is 5.26 Å². The largest absolute Gasteiger partial charge is 0.494 e. The summed E-state index contributed by atoms with van der Waals surface area (Å²) in [6.07, 6.45) is 5.41. The third-order valence-corrected chi connectivity index (χ3v) is 5.36. The van der Waals surface area contributed by atoms with E-state index in [4.69, 9.17) is 14.7 Å². The Morgan fingerprint density at radius 3 is 2.73 bits per heavy atom. The molecule has 0 N–H and O–H groups in total. The van der Waals surface area contributed by atoms with Crippen LogP contribution in [0.1, 0.15) is 5.56 Å². The van der Waals surface area contributed by atoms with E-state index in [-0.39, 0.29) is 0 Å². The van der Waals surface area contributed by atoms with Gasteiger partial charge in [-0.3, -0.25) is 4.40 Å². The van der Waals surface area contributed by atoms with Gasteiger partial charge in [0.2, 0.25) is 0 Å². The van der Waals surface area contributed by atoms with Crippen molar-refractivity contribution in [1.82, 2.24) is 14.4 Å². The Labute approximate surface area is 173 Å². The summed E-state index contributed by atoms with van der Waals surface area (Å²) in [7, 11) is 3.66. The maximum Gasteiger partial charge on any atom is 0.171 e. The van der Waals surface area contributed by atoms with Gasteiger partial charge in [0.1, 0.15) is 17.9 Å². The van der Waals surface area contributed by atoms with Crippen LogP contribution < -0.4 is 14.4 Å². The average molecular weight is 397 g/mol. The van der Waals surface area contributed by atoms with Gasteiger partial charge in [0.15, 0.2) is 11.6 Å². The molecule has 5 rings (SSSR count). The zero-order chi connectivity index (χ0) is 20.7. The van der Waals surface area contributed by atoms with Crippen LogP contribution in [0.2, 0.25) is 0 Å². The highest BCUT2D eigenvalue weighted by molar-refractivity contribution is 5.86. The summed E-state index contributed by atoms with van der Waals surface area (Å²) < 4.78 is 13.5. The summed E-state index contributed by atoms with van der Waals surface area (Å²) in [5, 5.41) is 9.15. The van der Waals surface area contributed by atoms with E-state index in [9.17, 15) is 0 Å². The van der Waals surface area contributed by atoms with E-state index in [1.54, 1.807) is 19.6 Å². The van der Waals surface area contributed by atoms with Crippen molar-refractivity contribution in [2.75, 3.05) is 32.2 Å². The molecule has 0 saturated carbocycles. The SMILES string of the molecule is COc1cc(-c2ccc(C#N)cc2)c(-c2cnc3c(c2)OCCN3C)n2cncc12. The molecule has 0 fully saturated rings. The highest BCUT2D eigenvalue weighted by Gasteiger charge is 2.21. The molecule has 3 aromatic heterocycles. The minimum absolute atomic E-state index is 0.614. The quantitative estimate of drug-likeness (QED) is 0.524. The van der Waals surface area contributed by atoms with E-state index >= 15 is 0 Å². The molecular formula is C23H19N5O2. The van der Waals surface area contributed by atoms with Gasteiger partial charge in [-0.05, 0) is 29.8 Å². The molecule has 0 aliphatic carbocycles. The number of likely N-dealkylation sites (N-methyl/N-ethyl adjacent to an activating group) is 1. The monoisotopic (exact) mass is 397 g/mol. The standard InChI is InChI=1S/C23H19N5O2/c1-27-7-8-30-21-9-17(12-26-23(21)27)22-18(16-5-3-15(11-24)4-6-16)10-20(29-2)19-13-25-14-28(19)22/h3-6,9-10,12-14H,7-8H2,1-2H3. The minimum atomic E-state index is 0.614. The lowest BCUT2D eigenvalue weighted by atomic mass is 9.98. The third kappa shape index (κ3) is 2.81. The number of benzene rings is 1. The summed E-state index contributed by atoms with van der Waals surface area (Å²) >= 11 is 0. The first kappa shape index (κ1) is 18.0. The van der Waals surface area contributed by atoms with Crippen molar-refractivity contribution in [3.63, 3.8) is 0 Å². The van der Waals surface area contributed by atoms with Crippen molar-refractivity contribution < 1.29 is 9.47 Å². The number of anilines is 1. The first-order valence-corrected chi connectivity index (χ1v) is 9.57. The van der Waals surface area contributed by atoms with Gasteiger partial charge < -0.3 is 14.4 Å². The molecule has 4 aromatic rings. The Morgan fingerprint density at radius 1 is 1.13 bits per heavy atom. The number of hydrogen-bond acceptors (Lipinski definition) is 6. The van der Waals surface area contributed by atoms with Gasteiger partial charge in [-0.25, -0.2) is 9.97 Å². The number of hydrogen-bond donors (Lipinski definition) is 0. The Balaban J connectivity index is 1.78. The van der Waals surface area contributed by atoms with Gasteiger partial charge in [0, 0.05) is 24.4 Å². The van der Waals surface area contributed by atoms with Gasteiger partial charge in [0.25, 0.3) is 0 Å². The van der Waals surface area contributed by atoms with Crippen molar-refractivity contribution in [2.45, 2.75) is 0 Å². The second-order valence-corrected chi connectivity index (χ2v) is 7.13. The number of nitriles is 1. The number of imidazole rings is 1. The average Bonchev–Trinajstić information content (AvgIpc) is 3.28. The van der Waals surface area contributed by atoms with Crippen LogP contribution in [0.5, 0.6) is 11.5 Å². The molecule has 0 saturated heterocycles. The summed E-state index contributed by atoms with van der Waals surface area (Å²) in [4.78, 5) is 11.1. The fraction of sp³-hybridized carbons (Fsp3) is 0.174. The van der Waals surface area contributed by atoms with Crippen molar-refractivity contribution in [3.05, 3.63) is 60.7 Å². The number of nitrogens with zero attached hydrogens (tertiary/aromatic N) is 5. The normalized spacial score (nSPS) is 12.9. The number of ether oxygens (including phenoxy) is 2. The number of fused-ring (bicyclic) bond motifs is 2. The minimum Gasteiger partial charge on any atom is -0.494 e. The third-order valence-electron chi connectivity index (χ3n) is 5.36. The van der Waals surface area contributed by atoms with Gasteiger partial charge >= 0.3 is 0 Å². The molecule has 7 nitrogen and oxygen atoms in total. The van der Waals surface area contributed by atoms with Crippen LogP contribution in [-0.4, -0.2) is 41.7 Å². The Bertz CT molecular complexity index is 1290. The zero-order valence-corrected chi connectivity index (χ0v) is 16.7. The van der Waals surface area contributed by atoms with Crippen LogP contribution in [0.15, 0.2) is 55.1 Å². The molecule has 7 heteroatoms. The van der Waals surface area contributed by atoms with Crippen molar-refractivity contribution in [3.8, 4) is 40.0 Å². The summed E-state index contributed by atoms with van der Waals surface area (Å²) in [6.45, 7) is 1.43. The maximum absolute atomic E-state index is 9.15. The van der Waals surface area contributed by atoms with Crippen LogP contribution in [-0.2, 0) is 0 Å². The Morgan fingerprint density at radius 2 is 1.97 bits per heavy atom. The second kappa shape index (κ2) is 7.08. The lowest BCUT2D eigenvalue weighted by Gasteiger charge is -2.27. The molecule has 0 amide bonds. The van der Waals surface area contributed by atoms with E-state index in [0.717, 1.165) is 51.8 Å². The van der Waals surface area contributed by atoms with E-state index in [0.29, 0.717) is 12.2 Å². The predicted molar refractivity (Wildman–Crippen MR) is 114 cm³/mol. The number of aromatic nitrogens is 3. The highest BCUT2D eigenvalue weighted by atomic mass is 16.5. The number of rotatable bonds is 3. The Hall–Kier alpha value is -4.05. The number of methoxy groups -OCH3 is 1. The van der Waals surface area contributed by atoms with Crippen LogP contribution in [0, 0.1) is 11.3 Å². The van der Waals surface area contributed by atoms with Crippen LogP contribution in [0.25, 0.3) is 27.9 Å². The van der Waals surface area contributed by atoms with Gasteiger partial charge in [-0.15, -0.1) is 0 Å². The second-order valence-electron chi connectivity index (χ2n) is 7.13. The molecule has 1 aliphatic rings. The molecule has 0 atom stereocenters. The number of pyridine rings is 2.